The minimum absolute atomic E-state index is 0.0997. The van der Waals surface area contributed by atoms with Crippen molar-refractivity contribution < 1.29 is 28.6 Å². The summed E-state index contributed by atoms with van der Waals surface area (Å²) in [6.45, 7) is 6.26. The lowest BCUT2D eigenvalue weighted by Crippen LogP contribution is -2.30. The number of ether oxygens (including phenoxy) is 3. The normalized spacial score (nSPS) is 13.1. The van der Waals surface area contributed by atoms with E-state index >= 15 is 0 Å². The van der Waals surface area contributed by atoms with Crippen molar-refractivity contribution in [3.8, 4) is 0 Å². The molecule has 6 nitrogen and oxygen atoms in total. The van der Waals surface area contributed by atoms with E-state index in [2.05, 4.69) is 167 Å². The van der Waals surface area contributed by atoms with E-state index in [4.69, 9.17) is 14.2 Å². The Morgan fingerprint density at radius 1 is 0.260 bits per heavy atom. The second-order valence-electron chi connectivity index (χ2n) is 20.2. The fourth-order valence-corrected chi connectivity index (χ4v) is 8.24. The predicted molar refractivity (Wildman–Crippen MR) is 334 cm³/mol. The lowest BCUT2D eigenvalue weighted by molar-refractivity contribution is -0.167. The van der Waals surface area contributed by atoms with Crippen LogP contribution in [-0.2, 0) is 28.6 Å². The smallest absolute Gasteiger partial charge is 0.306 e. The highest BCUT2D eigenvalue weighted by atomic mass is 16.6. The molecule has 6 heteroatoms. The first-order chi connectivity index (χ1) is 38.0. The van der Waals surface area contributed by atoms with Gasteiger partial charge in [-0.25, -0.2) is 0 Å². The van der Waals surface area contributed by atoms with Crippen LogP contribution in [0.15, 0.2) is 146 Å². The van der Waals surface area contributed by atoms with Crippen LogP contribution < -0.4 is 0 Å². The molecule has 0 bridgehead atoms. The molecule has 0 aromatic rings. The van der Waals surface area contributed by atoms with Crippen LogP contribution in [0.3, 0.4) is 0 Å². The average molecular weight is 1060 g/mol. The maximum Gasteiger partial charge on any atom is 0.306 e. The summed E-state index contributed by atoms with van der Waals surface area (Å²) in [5, 5.41) is 0. The van der Waals surface area contributed by atoms with Gasteiger partial charge < -0.3 is 14.2 Å². The number of allylic oxidation sites excluding steroid dienone is 24. The van der Waals surface area contributed by atoms with Gasteiger partial charge in [-0.15, -0.1) is 0 Å². The Kier molecular flexibility index (Phi) is 59.9. The zero-order valence-electron chi connectivity index (χ0n) is 49.7. The third-order valence-electron chi connectivity index (χ3n) is 12.8. The average Bonchev–Trinajstić information content (AvgIpc) is 3.43. The summed E-state index contributed by atoms with van der Waals surface area (Å²) in [7, 11) is 0. The van der Waals surface area contributed by atoms with Gasteiger partial charge in [0.05, 0.1) is 0 Å². The van der Waals surface area contributed by atoms with Gasteiger partial charge in [-0.1, -0.05) is 256 Å². The first-order valence-electron chi connectivity index (χ1n) is 31.3. The fourth-order valence-electron chi connectivity index (χ4n) is 8.24. The molecular weight excluding hydrogens is 949 g/mol. The van der Waals surface area contributed by atoms with Crippen LogP contribution in [0.4, 0.5) is 0 Å². The summed E-state index contributed by atoms with van der Waals surface area (Å²) in [5.74, 6) is -0.948. The highest BCUT2D eigenvalue weighted by Crippen LogP contribution is 2.15. The monoisotopic (exact) mass is 1060 g/mol. The van der Waals surface area contributed by atoms with Gasteiger partial charge in [0.2, 0.25) is 0 Å². The molecule has 0 aliphatic heterocycles. The Morgan fingerprint density at radius 3 is 0.740 bits per heavy atom. The third-order valence-corrected chi connectivity index (χ3v) is 12.8. The van der Waals surface area contributed by atoms with Crippen LogP contribution in [0.25, 0.3) is 0 Å². The summed E-state index contributed by atoms with van der Waals surface area (Å²) in [6.07, 6.45) is 91.4. The van der Waals surface area contributed by atoms with Crippen LogP contribution in [-0.4, -0.2) is 37.2 Å². The Labute approximate surface area is 474 Å². The number of carbonyl (C=O) groups excluding carboxylic acids is 3. The zero-order chi connectivity index (χ0) is 55.7. The highest BCUT2D eigenvalue weighted by molar-refractivity contribution is 5.71. The van der Waals surface area contributed by atoms with Crippen molar-refractivity contribution in [2.45, 2.75) is 271 Å². The van der Waals surface area contributed by atoms with E-state index in [-0.39, 0.29) is 31.1 Å². The molecule has 0 aromatic carbocycles. The molecule has 0 aromatic heterocycles. The summed E-state index contributed by atoms with van der Waals surface area (Å²) in [4.78, 5) is 38.3. The van der Waals surface area contributed by atoms with Gasteiger partial charge in [0.25, 0.3) is 0 Å². The van der Waals surface area contributed by atoms with Crippen LogP contribution in [0.1, 0.15) is 265 Å². The predicted octanol–water partition coefficient (Wildman–Crippen LogP) is 21.5. The molecule has 0 heterocycles. The van der Waals surface area contributed by atoms with E-state index < -0.39 is 6.10 Å². The van der Waals surface area contributed by atoms with Crippen LogP contribution >= 0.6 is 0 Å². The zero-order valence-corrected chi connectivity index (χ0v) is 49.7. The topological polar surface area (TPSA) is 78.9 Å². The quantitative estimate of drug-likeness (QED) is 0.0261. The molecule has 77 heavy (non-hydrogen) atoms. The molecular formula is C71H114O6. The number of hydrogen-bond donors (Lipinski definition) is 0. The molecule has 434 valence electrons. The number of carbonyl (C=O) groups is 3. The van der Waals surface area contributed by atoms with Gasteiger partial charge in [-0.3, -0.25) is 14.4 Å². The second-order valence-corrected chi connectivity index (χ2v) is 20.2. The summed E-state index contributed by atoms with van der Waals surface area (Å²) in [5.41, 5.74) is 0. The Balaban J connectivity index is 4.37. The summed E-state index contributed by atoms with van der Waals surface area (Å²) < 4.78 is 16.9. The van der Waals surface area contributed by atoms with E-state index in [9.17, 15) is 14.4 Å². The molecule has 0 amide bonds. The Hall–Kier alpha value is -4.71. The van der Waals surface area contributed by atoms with Gasteiger partial charge in [-0.2, -0.15) is 0 Å². The van der Waals surface area contributed by atoms with E-state index in [1.165, 1.54) is 70.6 Å². The van der Waals surface area contributed by atoms with Gasteiger partial charge in [0, 0.05) is 19.3 Å². The number of rotatable bonds is 55. The molecule has 0 saturated heterocycles. The fraction of sp³-hybridized carbons (Fsp3) is 0.620. The molecule has 0 aliphatic rings. The standard InChI is InChI=1S/C71H114O6/c1-4-7-10-13-16-19-22-25-27-29-31-32-33-34-35-36-37-38-40-41-43-46-49-52-55-58-61-64-70(73)76-67-68(66-75-69(72)63-60-57-54-51-48-45-24-21-18-15-12-9-6-3)77-71(74)65-62-59-56-53-50-47-44-42-39-30-28-26-23-20-17-14-11-8-5-2/h7-12,16-21,25-28,31-32,34-35,39,42,45,48,68H,4-6,13-15,22-24,29-30,33,36-38,40-41,43-44,46-47,49-67H2,1-3H3/b10-7-,11-8-,12-9-,19-16-,20-17-,21-18-,27-25-,28-26-,32-31-,35-34-,42-39-,48-45-. The van der Waals surface area contributed by atoms with E-state index in [0.29, 0.717) is 19.3 Å². The van der Waals surface area contributed by atoms with Gasteiger partial charge in [0.1, 0.15) is 13.2 Å². The summed E-state index contributed by atoms with van der Waals surface area (Å²) >= 11 is 0. The van der Waals surface area contributed by atoms with Crippen molar-refractivity contribution in [3.63, 3.8) is 0 Å². The molecule has 0 fully saturated rings. The molecule has 0 rings (SSSR count). The largest absolute Gasteiger partial charge is 0.462 e. The third kappa shape index (κ3) is 62.0. The molecule has 1 atom stereocenters. The minimum atomic E-state index is -0.806. The van der Waals surface area contributed by atoms with Gasteiger partial charge in [0.15, 0.2) is 6.10 Å². The first-order valence-corrected chi connectivity index (χ1v) is 31.3. The summed E-state index contributed by atoms with van der Waals surface area (Å²) in [6, 6.07) is 0. The van der Waals surface area contributed by atoms with E-state index in [1.54, 1.807) is 0 Å². The van der Waals surface area contributed by atoms with Crippen molar-refractivity contribution >= 4 is 17.9 Å². The lowest BCUT2D eigenvalue weighted by Gasteiger charge is -2.18. The minimum Gasteiger partial charge on any atom is -0.462 e. The maximum absolute atomic E-state index is 12.9. The Bertz CT molecular complexity index is 1700. The molecule has 0 spiro atoms. The van der Waals surface area contributed by atoms with Crippen molar-refractivity contribution in [3.05, 3.63) is 146 Å². The Morgan fingerprint density at radius 2 is 0.468 bits per heavy atom. The van der Waals surface area contributed by atoms with Crippen molar-refractivity contribution in [2.75, 3.05) is 13.2 Å². The van der Waals surface area contributed by atoms with Crippen LogP contribution in [0.2, 0.25) is 0 Å². The molecule has 0 aliphatic carbocycles. The number of unbranched alkanes of at least 4 members (excludes halogenated alkanes) is 20. The molecule has 0 N–H and O–H groups in total. The number of esters is 3. The van der Waals surface area contributed by atoms with E-state index in [0.717, 1.165) is 154 Å². The van der Waals surface area contributed by atoms with Gasteiger partial charge in [-0.05, 0) is 135 Å². The van der Waals surface area contributed by atoms with Crippen molar-refractivity contribution in [2.24, 2.45) is 0 Å². The van der Waals surface area contributed by atoms with E-state index in [1.807, 2.05) is 0 Å². The molecule has 1 unspecified atom stereocenters. The highest BCUT2D eigenvalue weighted by Gasteiger charge is 2.19. The van der Waals surface area contributed by atoms with Crippen molar-refractivity contribution in [1.82, 2.24) is 0 Å². The molecule has 0 radical (unpaired) electrons. The molecule has 0 saturated carbocycles. The lowest BCUT2D eigenvalue weighted by atomic mass is 10.0. The van der Waals surface area contributed by atoms with Crippen LogP contribution in [0.5, 0.6) is 0 Å². The number of hydrogen-bond acceptors (Lipinski definition) is 6. The van der Waals surface area contributed by atoms with Gasteiger partial charge >= 0.3 is 17.9 Å². The van der Waals surface area contributed by atoms with Crippen LogP contribution in [0, 0.1) is 0 Å². The first kappa shape index (κ1) is 72.3. The second kappa shape index (κ2) is 63.8. The van der Waals surface area contributed by atoms with Crippen molar-refractivity contribution in [1.29, 1.82) is 0 Å². The SMILES string of the molecule is CC/C=C\C/C=C\C/C=C\C/C=C\C/C=C\CCCCCCCCCCCCCC(=O)OCC(COC(=O)CCCCC/C=C\C/C=C\C/C=C\CC)OC(=O)CCCCCCCC/C=C\C/C=C\C/C=C\C/C=C\CC. The maximum atomic E-state index is 12.9.